The monoisotopic (exact) mass is 306 g/mol. The lowest BCUT2D eigenvalue weighted by molar-refractivity contribution is 0.197. The predicted molar refractivity (Wildman–Crippen MR) is 81.8 cm³/mol. The molecule has 0 amide bonds. The number of likely N-dealkylation sites (N-methyl/N-ethyl adjacent to an activating group) is 1. The van der Waals surface area contributed by atoms with E-state index in [1.165, 1.54) is 12.8 Å². The first-order valence-corrected chi connectivity index (χ1v) is 7.54. The van der Waals surface area contributed by atoms with Gasteiger partial charge in [0, 0.05) is 23.2 Å². The molecule has 1 aromatic carbocycles. The third kappa shape index (κ3) is 3.43. The van der Waals surface area contributed by atoms with Gasteiger partial charge in [-0.15, -0.1) is 10.2 Å². The second-order valence-corrected chi connectivity index (χ2v) is 6.00. The third-order valence-corrected chi connectivity index (χ3v) is 4.17. The average Bonchev–Trinajstić information content (AvgIpc) is 3.20. The molecule has 1 aromatic heterocycles. The van der Waals surface area contributed by atoms with E-state index in [1.807, 2.05) is 24.3 Å². The zero-order valence-electron chi connectivity index (χ0n) is 12.0. The van der Waals surface area contributed by atoms with Crippen molar-refractivity contribution in [1.29, 1.82) is 0 Å². The molecule has 0 aliphatic heterocycles. The summed E-state index contributed by atoms with van der Waals surface area (Å²) >= 11 is 5.87. The molecule has 1 heterocycles. The lowest BCUT2D eigenvalue weighted by Crippen LogP contribution is -2.39. The zero-order chi connectivity index (χ0) is 14.8. The standard InChI is InChI=1S/C15H19ClN4O/c1-20(13(8-17)10-2-3-10)9-14-18-19-15(21-14)11-4-6-12(16)7-5-11/h4-7,10,13H,2-3,8-9,17H2,1H3. The highest BCUT2D eigenvalue weighted by Crippen LogP contribution is 2.35. The Morgan fingerprint density at radius 3 is 2.67 bits per heavy atom. The number of aromatic nitrogens is 2. The number of benzene rings is 1. The van der Waals surface area contributed by atoms with Crippen molar-refractivity contribution >= 4 is 11.6 Å². The predicted octanol–water partition coefficient (Wildman–Crippen LogP) is 2.56. The number of rotatable bonds is 6. The van der Waals surface area contributed by atoms with Crippen LogP contribution in [0.2, 0.25) is 5.02 Å². The Bertz CT molecular complexity index is 594. The summed E-state index contributed by atoms with van der Waals surface area (Å²) in [7, 11) is 2.06. The summed E-state index contributed by atoms with van der Waals surface area (Å²) in [5.41, 5.74) is 6.73. The van der Waals surface area contributed by atoms with Crippen LogP contribution in [0.4, 0.5) is 0 Å². The van der Waals surface area contributed by atoms with Crippen molar-refractivity contribution in [3.05, 3.63) is 35.2 Å². The first-order valence-electron chi connectivity index (χ1n) is 7.16. The van der Waals surface area contributed by atoms with Crippen LogP contribution in [-0.2, 0) is 6.54 Å². The van der Waals surface area contributed by atoms with E-state index in [0.717, 1.165) is 11.5 Å². The largest absolute Gasteiger partial charge is 0.419 e. The molecule has 112 valence electrons. The minimum Gasteiger partial charge on any atom is -0.419 e. The van der Waals surface area contributed by atoms with Gasteiger partial charge in [-0.05, 0) is 50.1 Å². The Labute approximate surface area is 129 Å². The molecule has 5 nitrogen and oxygen atoms in total. The molecule has 6 heteroatoms. The zero-order valence-corrected chi connectivity index (χ0v) is 12.8. The summed E-state index contributed by atoms with van der Waals surface area (Å²) in [5, 5.41) is 8.90. The van der Waals surface area contributed by atoms with Crippen LogP contribution in [0.15, 0.2) is 28.7 Å². The van der Waals surface area contributed by atoms with Crippen LogP contribution in [0.3, 0.4) is 0 Å². The second kappa shape index (κ2) is 6.13. The molecule has 1 aliphatic rings. The second-order valence-electron chi connectivity index (χ2n) is 5.56. The van der Waals surface area contributed by atoms with Gasteiger partial charge < -0.3 is 10.2 Å². The fourth-order valence-electron chi connectivity index (χ4n) is 2.57. The van der Waals surface area contributed by atoms with Crippen molar-refractivity contribution in [3.8, 4) is 11.5 Å². The first-order chi connectivity index (χ1) is 10.2. The summed E-state index contributed by atoms with van der Waals surface area (Å²) < 4.78 is 5.73. The SMILES string of the molecule is CN(Cc1nnc(-c2ccc(Cl)cc2)o1)C(CN)C1CC1. The molecule has 0 spiro atoms. The Morgan fingerprint density at radius 1 is 1.33 bits per heavy atom. The van der Waals surface area contributed by atoms with Gasteiger partial charge in [0.15, 0.2) is 0 Å². The average molecular weight is 307 g/mol. The van der Waals surface area contributed by atoms with E-state index >= 15 is 0 Å². The van der Waals surface area contributed by atoms with Gasteiger partial charge in [-0.25, -0.2) is 0 Å². The number of halogens is 1. The van der Waals surface area contributed by atoms with Crippen molar-refractivity contribution in [2.24, 2.45) is 11.7 Å². The maximum Gasteiger partial charge on any atom is 0.247 e. The number of hydrogen-bond acceptors (Lipinski definition) is 5. The highest BCUT2D eigenvalue weighted by molar-refractivity contribution is 6.30. The molecule has 1 atom stereocenters. The molecule has 0 saturated heterocycles. The van der Waals surface area contributed by atoms with E-state index in [2.05, 4.69) is 22.1 Å². The van der Waals surface area contributed by atoms with Crippen molar-refractivity contribution in [2.75, 3.05) is 13.6 Å². The summed E-state index contributed by atoms with van der Waals surface area (Å²) in [4.78, 5) is 2.21. The van der Waals surface area contributed by atoms with Gasteiger partial charge >= 0.3 is 0 Å². The molecule has 21 heavy (non-hydrogen) atoms. The van der Waals surface area contributed by atoms with Gasteiger partial charge in [0.05, 0.1) is 6.54 Å². The highest BCUT2D eigenvalue weighted by Gasteiger charge is 2.33. The minimum atomic E-state index is 0.399. The Kier molecular flexibility index (Phi) is 4.24. The van der Waals surface area contributed by atoms with Gasteiger partial charge in [0.25, 0.3) is 0 Å². The molecule has 2 N–H and O–H groups in total. The van der Waals surface area contributed by atoms with Crippen LogP contribution in [0, 0.1) is 5.92 Å². The fraction of sp³-hybridized carbons (Fsp3) is 0.467. The number of nitrogens with two attached hydrogens (primary N) is 1. The molecule has 1 aliphatic carbocycles. The summed E-state index contributed by atoms with van der Waals surface area (Å²) in [6.45, 7) is 1.29. The van der Waals surface area contributed by atoms with Gasteiger partial charge in [-0.2, -0.15) is 0 Å². The van der Waals surface area contributed by atoms with E-state index in [9.17, 15) is 0 Å². The van der Waals surface area contributed by atoms with Crippen LogP contribution in [-0.4, -0.2) is 34.7 Å². The van der Waals surface area contributed by atoms with Crippen molar-refractivity contribution in [3.63, 3.8) is 0 Å². The molecule has 2 aromatic rings. The van der Waals surface area contributed by atoms with Crippen molar-refractivity contribution < 1.29 is 4.42 Å². The maximum absolute atomic E-state index is 5.87. The number of nitrogens with zero attached hydrogens (tertiary/aromatic N) is 3. The minimum absolute atomic E-state index is 0.399. The Morgan fingerprint density at radius 2 is 2.05 bits per heavy atom. The molecule has 3 rings (SSSR count). The molecule has 1 fully saturated rings. The molecule has 0 bridgehead atoms. The molecular weight excluding hydrogens is 288 g/mol. The van der Waals surface area contributed by atoms with Gasteiger partial charge in [0.2, 0.25) is 11.8 Å². The van der Waals surface area contributed by atoms with Crippen LogP contribution >= 0.6 is 11.6 Å². The van der Waals surface area contributed by atoms with E-state index in [4.69, 9.17) is 21.8 Å². The van der Waals surface area contributed by atoms with E-state index in [0.29, 0.717) is 35.9 Å². The molecule has 1 saturated carbocycles. The third-order valence-electron chi connectivity index (χ3n) is 3.92. The smallest absolute Gasteiger partial charge is 0.247 e. The van der Waals surface area contributed by atoms with Gasteiger partial charge in [-0.1, -0.05) is 11.6 Å². The molecular formula is C15H19ClN4O. The Hall–Kier alpha value is -1.43. The number of hydrogen-bond donors (Lipinski definition) is 1. The van der Waals surface area contributed by atoms with Crippen molar-refractivity contribution in [2.45, 2.75) is 25.4 Å². The van der Waals surface area contributed by atoms with Gasteiger partial charge in [0.1, 0.15) is 0 Å². The summed E-state index contributed by atoms with van der Waals surface area (Å²) in [5.74, 6) is 1.85. The Balaban J connectivity index is 1.68. The van der Waals surface area contributed by atoms with Gasteiger partial charge in [-0.3, -0.25) is 4.90 Å². The summed E-state index contributed by atoms with van der Waals surface area (Å²) in [6, 6.07) is 7.76. The van der Waals surface area contributed by atoms with E-state index in [1.54, 1.807) is 0 Å². The van der Waals surface area contributed by atoms with E-state index < -0.39 is 0 Å². The first kappa shape index (κ1) is 14.5. The van der Waals surface area contributed by atoms with E-state index in [-0.39, 0.29) is 0 Å². The van der Waals surface area contributed by atoms with Crippen molar-refractivity contribution in [1.82, 2.24) is 15.1 Å². The van der Waals surface area contributed by atoms with Crippen LogP contribution in [0.25, 0.3) is 11.5 Å². The highest BCUT2D eigenvalue weighted by atomic mass is 35.5. The molecule has 0 radical (unpaired) electrons. The topological polar surface area (TPSA) is 68.2 Å². The maximum atomic E-state index is 5.87. The quantitative estimate of drug-likeness (QED) is 0.888. The fourth-order valence-corrected chi connectivity index (χ4v) is 2.70. The van der Waals surface area contributed by atoms with Crippen LogP contribution in [0.5, 0.6) is 0 Å². The normalized spacial score (nSPS) is 16.4. The lowest BCUT2D eigenvalue weighted by Gasteiger charge is -2.25. The molecule has 1 unspecified atom stereocenters. The summed E-state index contributed by atoms with van der Waals surface area (Å²) in [6.07, 6.45) is 2.54. The van der Waals surface area contributed by atoms with Crippen LogP contribution < -0.4 is 5.73 Å². The van der Waals surface area contributed by atoms with Crippen LogP contribution in [0.1, 0.15) is 18.7 Å². The lowest BCUT2D eigenvalue weighted by atomic mass is 10.1.